The fourth-order valence-electron chi connectivity index (χ4n) is 1.62. The van der Waals surface area contributed by atoms with Crippen LogP contribution in [0.3, 0.4) is 0 Å². The van der Waals surface area contributed by atoms with Gasteiger partial charge < -0.3 is 10.1 Å². The molecule has 2 rings (SSSR count). The van der Waals surface area contributed by atoms with Crippen LogP contribution in [0.25, 0.3) is 0 Å². The topological polar surface area (TPSA) is 47.0 Å². The van der Waals surface area contributed by atoms with E-state index in [-0.39, 0.29) is 0 Å². The van der Waals surface area contributed by atoms with Gasteiger partial charge in [0.15, 0.2) is 0 Å². The predicted octanol–water partition coefficient (Wildman–Crippen LogP) is 2.80. The van der Waals surface area contributed by atoms with E-state index in [0.29, 0.717) is 19.0 Å². The average Bonchev–Trinajstić information content (AvgIpc) is 2.37. The molecule has 0 aliphatic heterocycles. The quantitative estimate of drug-likeness (QED) is 0.877. The monoisotopic (exact) mass is 243 g/mol. The van der Waals surface area contributed by atoms with Crippen LogP contribution in [0.5, 0.6) is 5.88 Å². The molecule has 0 unspecified atom stereocenters. The van der Waals surface area contributed by atoms with Gasteiger partial charge in [0.1, 0.15) is 5.82 Å². The Kier molecular flexibility index (Phi) is 4.12. The summed E-state index contributed by atoms with van der Waals surface area (Å²) in [7, 11) is 0. The van der Waals surface area contributed by atoms with Crippen LogP contribution in [0, 0.1) is 6.92 Å². The number of nitrogens with zero attached hydrogens (tertiary/aromatic N) is 2. The molecule has 4 heteroatoms. The summed E-state index contributed by atoms with van der Waals surface area (Å²) in [6.07, 6.45) is 0. The molecule has 4 nitrogen and oxygen atoms in total. The molecule has 0 saturated heterocycles. The number of hydrogen-bond acceptors (Lipinski definition) is 4. The number of rotatable bonds is 5. The minimum atomic E-state index is 0.621. The molecule has 18 heavy (non-hydrogen) atoms. The van der Waals surface area contributed by atoms with Gasteiger partial charge in [0.25, 0.3) is 0 Å². The normalized spacial score (nSPS) is 10.1. The van der Waals surface area contributed by atoms with Gasteiger partial charge in [-0.15, -0.1) is 0 Å². The number of aromatic nitrogens is 2. The molecule has 0 fully saturated rings. The Morgan fingerprint density at radius 1 is 1.11 bits per heavy atom. The molecule has 0 radical (unpaired) electrons. The third-order valence-corrected chi connectivity index (χ3v) is 2.41. The number of aryl methyl sites for hydroxylation is 1. The van der Waals surface area contributed by atoms with Crippen LogP contribution in [0.2, 0.25) is 0 Å². The molecule has 0 spiro atoms. The lowest BCUT2D eigenvalue weighted by molar-refractivity contribution is 0.327. The van der Waals surface area contributed by atoms with Gasteiger partial charge in [0, 0.05) is 11.8 Å². The molecule has 94 valence electrons. The highest BCUT2D eigenvalue weighted by Crippen LogP contribution is 2.12. The van der Waals surface area contributed by atoms with E-state index in [1.165, 1.54) is 0 Å². The van der Waals surface area contributed by atoms with Crippen molar-refractivity contribution >= 4 is 5.82 Å². The van der Waals surface area contributed by atoms with Crippen LogP contribution >= 0.6 is 0 Å². The summed E-state index contributed by atoms with van der Waals surface area (Å²) in [5.41, 5.74) is 2.02. The number of pyridine rings is 2. The Morgan fingerprint density at radius 3 is 2.72 bits per heavy atom. The highest BCUT2D eigenvalue weighted by atomic mass is 16.5. The Labute approximate surface area is 107 Å². The molecule has 0 saturated carbocycles. The van der Waals surface area contributed by atoms with Gasteiger partial charge in [-0.3, -0.25) is 4.98 Å². The van der Waals surface area contributed by atoms with Crippen molar-refractivity contribution in [3.8, 4) is 5.88 Å². The number of hydrogen-bond donors (Lipinski definition) is 1. The highest BCUT2D eigenvalue weighted by molar-refractivity contribution is 5.37. The molecule has 0 bridgehead atoms. The van der Waals surface area contributed by atoms with Crippen LogP contribution in [0.4, 0.5) is 5.82 Å². The van der Waals surface area contributed by atoms with Crippen LogP contribution in [0.1, 0.15) is 18.3 Å². The van der Waals surface area contributed by atoms with Gasteiger partial charge in [-0.05, 0) is 32.0 Å². The lowest BCUT2D eigenvalue weighted by atomic mass is 10.3. The zero-order chi connectivity index (χ0) is 12.8. The summed E-state index contributed by atoms with van der Waals surface area (Å²) in [6, 6.07) is 11.7. The molecule has 2 heterocycles. The first-order chi connectivity index (χ1) is 8.78. The van der Waals surface area contributed by atoms with Crippen molar-refractivity contribution in [2.45, 2.75) is 20.4 Å². The van der Waals surface area contributed by atoms with E-state index in [9.17, 15) is 0 Å². The van der Waals surface area contributed by atoms with Crippen molar-refractivity contribution in [3.05, 3.63) is 47.8 Å². The molecule has 0 aliphatic rings. The number of nitrogens with one attached hydrogen (secondary N) is 1. The second-order valence-electron chi connectivity index (χ2n) is 3.92. The largest absolute Gasteiger partial charge is 0.478 e. The molecular weight excluding hydrogens is 226 g/mol. The molecule has 0 amide bonds. The second kappa shape index (κ2) is 6.00. The lowest BCUT2D eigenvalue weighted by Gasteiger charge is -2.07. The van der Waals surface area contributed by atoms with Crippen LogP contribution in [-0.4, -0.2) is 16.6 Å². The van der Waals surface area contributed by atoms with E-state index in [4.69, 9.17) is 4.74 Å². The summed E-state index contributed by atoms with van der Waals surface area (Å²) < 4.78 is 5.35. The maximum atomic E-state index is 5.35. The van der Waals surface area contributed by atoms with Crippen molar-refractivity contribution in [1.82, 2.24) is 9.97 Å². The van der Waals surface area contributed by atoms with E-state index < -0.39 is 0 Å². The fraction of sp³-hybridized carbons (Fsp3) is 0.286. The Bertz CT molecular complexity index is 514. The highest BCUT2D eigenvalue weighted by Gasteiger charge is 1.99. The Hall–Kier alpha value is -2.10. The molecule has 0 aromatic carbocycles. The summed E-state index contributed by atoms with van der Waals surface area (Å²) in [6.45, 7) is 5.20. The van der Waals surface area contributed by atoms with E-state index in [1.807, 2.05) is 50.2 Å². The molecule has 2 aromatic rings. The molecule has 0 atom stereocenters. The predicted molar refractivity (Wildman–Crippen MR) is 71.7 cm³/mol. The van der Waals surface area contributed by atoms with Gasteiger partial charge in [-0.2, -0.15) is 4.98 Å². The van der Waals surface area contributed by atoms with Crippen LogP contribution in [0.15, 0.2) is 36.4 Å². The number of anilines is 1. The van der Waals surface area contributed by atoms with Crippen molar-refractivity contribution in [3.63, 3.8) is 0 Å². The van der Waals surface area contributed by atoms with E-state index in [1.54, 1.807) is 0 Å². The van der Waals surface area contributed by atoms with Crippen molar-refractivity contribution in [1.29, 1.82) is 0 Å². The van der Waals surface area contributed by atoms with Crippen LogP contribution < -0.4 is 10.1 Å². The molecule has 0 aliphatic carbocycles. The summed E-state index contributed by atoms with van der Waals surface area (Å²) in [5.74, 6) is 1.43. The Balaban J connectivity index is 1.99. The van der Waals surface area contributed by atoms with Crippen molar-refractivity contribution in [2.75, 3.05) is 11.9 Å². The smallest absolute Gasteiger partial charge is 0.215 e. The average molecular weight is 243 g/mol. The molecule has 1 N–H and O–H groups in total. The third-order valence-electron chi connectivity index (χ3n) is 2.41. The summed E-state index contributed by atoms with van der Waals surface area (Å²) in [5, 5.41) is 3.23. The minimum absolute atomic E-state index is 0.621. The second-order valence-corrected chi connectivity index (χ2v) is 3.92. The maximum absolute atomic E-state index is 5.35. The summed E-state index contributed by atoms with van der Waals surface area (Å²) in [4.78, 5) is 8.76. The third kappa shape index (κ3) is 3.45. The fourth-order valence-corrected chi connectivity index (χ4v) is 1.62. The SMILES string of the molecule is CCOc1cccc(NCc2cccc(C)n2)n1. The van der Waals surface area contributed by atoms with E-state index >= 15 is 0 Å². The van der Waals surface area contributed by atoms with Gasteiger partial charge in [-0.1, -0.05) is 12.1 Å². The van der Waals surface area contributed by atoms with E-state index in [0.717, 1.165) is 17.2 Å². The zero-order valence-corrected chi connectivity index (χ0v) is 10.7. The molecule has 2 aromatic heterocycles. The van der Waals surface area contributed by atoms with Gasteiger partial charge in [0.05, 0.1) is 18.8 Å². The zero-order valence-electron chi connectivity index (χ0n) is 10.7. The summed E-state index contributed by atoms with van der Waals surface area (Å²) >= 11 is 0. The number of ether oxygens (including phenoxy) is 1. The van der Waals surface area contributed by atoms with Gasteiger partial charge in [0.2, 0.25) is 5.88 Å². The van der Waals surface area contributed by atoms with Crippen molar-refractivity contribution in [2.24, 2.45) is 0 Å². The first-order valence-corrected chi connectivity index (χ1v) is 6.04. The first kappa shape index (κ1) is 12.4. The van der Waals surface area contributed by atoms with Gasteiger partial charge in [-0.25, -0.2) is 0 Å². The van der Waals surface area contributed by atoms with Crippen molar-refractivity contribution < 1.29 is 4.74 Å². The first-order valence-electron chi connectivity index (χ1n) is 6.04. The molecular formula is C14H17N3O. The van der Waals surface area contributed by atoms with Crippen LogP contribution in [-0.2, 0) is 6.54 Å². The standard InChI is InChI=1S/C14H17N3O/c1-3-18-14-9-5-8-13(17-14)15-10-12-7-4-6-11(2)16-12/h4-9H,3,10H2,1-2H3,(H,15,17). The maximum Gasteiger partial charge on any atom is 0.215 e. The lowest BCUT2D eigenvalue weighted by Crippen LogP contribution is -2.04. The van der Waals surface area contributed by atoms with E-state index in [2.05, 4.69) is 15.3 Å². The minimum Gasteiger partial charge on any atom is -0.478 e. The van der Waals surface area contributed by atoms with Gasteiger partial charge >= 0.3 is 0 Å². The Morgan fingerprint density at radius 2 is 1.94 bits per heavy atom.